The lowest BCUT2D eigenvalue weighted by Gasteiger charge is -2.03. The van der Waals surface area contributed by atoms with E-state index in [1.807, 2.05) is 42.8 Å². The molecule has 96 valence electrons. The van der Waals surface area contributed by atoms with Crippen molar-refractivity contribution in [3.63, 3.8) is 0 Å². The lowest BCUT2D eigenvalue weighted by molar-refractivity contribution is 0.472. The average molecular weight is 328 g/mol. The van der Waals surface area contributed by atoms with Crippen molar-refractivity contribution in [2.24, 2.45) is 0 Å². The van der Waals surface area contributed by atoms with Gasteiger partial charge in [0.15, 0.2) is 0 Å². The Morgan fingerprint density at radius 3 is 2.11 bits per heavy atom. The molecule has 0 aliphatic rings. The van der Waals surface area contributed by atoms with Gasteiger partial charge in [0.2, 0.25) is 4.77 Å². The van der Waals surface area contributed by atoms with E-state index in [1.165, 1.54) is 0 Å². The molecule has 0 fully saturated rings. The molecular weight excluding hydrogens is 314 g/mol. The van der Waals surface area contributed by atoms with Gasteiger partial charge in [0.1, 0.15) is 0 Å². The Balaban J connectivity index is 2.73. The van der Waals surface area contributed by atoms with Crippen LogP contribution < -0.4 is 5.69 Å². The lowest BCUT2D eigenvalue weighted by Crippen LogP contribution is -2.25. The number of aromatic nitrogens is 3. The second-order valence-corrected chi connectivity index (χ2v) is 5.09. The van der Waals surface area contributed by atoms with Crippen LogP contribution in [0.25, 0.3) is 5.69 Å². The zero-order chi connectivity index (χ0) is 13.3. The van der Waals surface area contributed by atoms with Crippen molar-refractivity contribution >= 4 is 28.1 Å². The van der Waals surface area contributed by atoms with E-state index >= 15 is 0 Å². The molecule has 4 nitrogen and oxygen atoms in total. The third kappa shape index (κ3) is 2.10. The second-order valence-electron chi connectivity index (χ2n) is 3.81. The van der Waals surface area contributed by atoms with E-state index in [2.05, 4.69) is 15.9 Å². The minimum absolute atomic E-state index is 0.0910. The Bertz CT molecular complexity index is 631. The fourth-order valence-corrected chi connectivity index (χ4v) is 2.62. The fraction of sp³-hybridized carbons (Fsp3) is 0.333. The van der Waals surface area contributed by atoms with Crippen molar-refractivity contribution in [1.82, 2.24) is 13.9 Å². The van der Waals surface area contributed by atoms with Gasteiger partial charge in [-0.15, -0.1) is 0 Å². The summed E-state index contributed by atoms with van der Waals surface area (Å²) in [4.78, 5) is 12.3. The van der Waals surface area contributed by atoms with E-state index in [4.69, 9.17) is 12.2 Å². The molecule has 0 unspecified atom stereocenters. The summed E-state index contributed by atoms with van der Waals surface area (Å²) in [6, 6.07) is 7.55. The zero-order valence-electron chi connectivity index (χ0n) is 10.3. The molecule has 2 rings (SSSR count). The van der Waals surface area contributed by atoms with Crippen molar-refractivity contribution in [3.05, 3.63) is 44.0 Å². The molecule has 0 bridgehead atoms. The van der Waals surface area contributed by atoms with Crippen LogP contribution in [0, 0.1) is 4.77 Å². The third-order valence-corrected chi connectivity index (χ3v) is 3.72. The Hall–Kier alpha value is -1.14. The fourth-order valence-electron chi connectivity index (χ4n) is 1.94. The molecule has 0 N–H and O–H groups in total. The maximum atomic E-state index is 12.3. The molecule has 1 aromatic carbocycles. The monoisotopic (exact) mass is 327 g/mol. The summed E-state index contributed by atoms with van der Waals surface area (Å²) in [5.74, 6) is 0. The van der Waals surface area contributed by atoms with Crippen LogP contribution in [0.5, 0.6) is 0 Å². The highest BCUT2D eigenvalue weighted by molar-refractivity contribution is 9.10. The van der Waals surface area contributed by atoms with Crippen molar-refractivity contribution in [3.8, 4) is 5.69 Å². The molecule has 1 aromatic heterocycles. The first-order chi connectivity index (χ1) is 8.60. The Morgan fingerprint density at radius 1 is 1.11 bits per heavy atom. The molecule has 0 radical (unpaired) electrons. The number of nitrogens with zero attached hydrogens (tertiary/aromatic N) is 3. The normalized spacial score (nSPS) is 10.8. The van der Waals surface area contributed by atoms with Crippen molar-refractivity contribution in [2.75, 3.05) is 0 Å². The van der Waals surface area contributed by atoms with Crippen LogP contribution in [0.1, 0.15) is 13.8 Å². The molecule has 1 heterocycles. The highest BCUT2D eigenvalue weighted by Crippen LogP contribution is 2.13. The Morgan fingerprint density at radius 2 is 1.67 bits per heavy atom. The van der Waals surface area contributed by atoms with Crippen LogP contribution in [0.4, 0.5) is 0 Å². The minimum Gasteiger partial charge on any atom is -0.256 e. The van der Waals surface area contributed by atoms with E-state index in [0.29, 0.717) is 17.9 Å². The van der Waals surface area contributed by atoms with Gasteiger partial charge in [-0.25, -0.2) is 14.0 Å². The lowest BCUT2D eigenvalue weighted by atomic mass is 10.3. The van der Waals surface area contributed by atoms with Crippen LogP contribution >= 0.6 is 28.1 Å². The molecule has 0 atom stereocenters. The SMILES string of the molecule is CCn1c(=O)n(-c2ccc(Br)cc2)c(=S)n1CC. The van der Waals surface area contributed by atoms with Crippen molar-refractivity contribution in [1.29, 1.82) is 0 Å². The molecule has 18 heavy (non-hydrogen) atoms. The summed E-state index contributed by atoms with van der Waals surface area (Å²) in [6.07, 6.45) is 0. The standard InChI is InChI=1S/C12H14BrN3OS/c1-3-14-11(17)16(12(18)15(14)4-2)10-7-5-9(13)6-8-10/h5-8H,3-4H2,1-2H3. The van der Waals surface area contributed by atoms with Gasteiger partial charge in [0, 0.05) is 17.6 Å². The number of rotatable bonds is 3. The Labute approximate surface area is 119 Å². The topological polar surface area (TPSA) is 31.9 Å². The van der Waals surface area contributed by atoms with Crippen LogP contribution in [0.3, 0.4) is 0 Å². The summed E-state index contributed by atoms with van der Waals surface area (Å²) < 4.78 is 6.55. The van der Waals surface area contributed by atoms with Gasteiger partial charge in [0.05, 0.1) is 5.69 Å². The predicted molar refractivity (Wildman–Crippen MR) is 77.9 cm³/mol. The first kappa shape index (κ1) is 13.3. The first-order valence-corrected chi connectivity index (χ1v) is 6.98. The molecular formula is C12H14BrN3OS. The number of hydrogen-bond donors (Lipinski definition) is 0. The third-order valence-electron chi connectivity index (χ3n) is 2.80. The number of halogens is 1. The van der Waals surface area contributed by atoms with E-state index in [-0.39, 0.29) is 5.69 Å². The van der Waals surface area contributed by atoms with Crippen molar-refractivity contribution in [2.45, 2.75) is 26.9 Å². The second kappa shape index (κ2) is 5.24. The summed E-state index contributed by atoms with van der Waals surface area (Å²) in [6.45, 7) is 5.22. The van der Waals surface area contributed by atoms with Gasteiger partial charge >= 0.3 is 5.69 Å². The van der Waals surface area contributed by atoms with Crippen LogP contribution in [0.2, 0.25) is 0 Å². The van der Waals surface area contributed by atoms with E-state index < -0.39 is 0 Å². The highest BCUT2D eigenvalue weighted by atomic mass is 79.9. The van der Waals surface area contributed by atoms with Gasteiger partial charge < -0.3 is 0 Å². The largest absolute Gasteiger partial charge is 0.349 e. The molecule has 0 saturated carbocycles. The van der Waals surface area contributed by atoms with Gasteiger partial charge in [-0.3, -0.25) is 4.68 Å². The summed E-state index contributed by atoms with van der Waals surface area (Å²) in [7, 11) is 0. The van der Waals surface area contributed by atoms with E-state index in [1.54, 1.807) is 9.25 Å². The molecule has 0 aliphatic carbocycles. The molecule has 2 aromatic rings. The van der Waals surface area contributed by atoms with E-state index in [9.17, 15) is 4.79 Å². The van der Waals surface area contributed by atoms with Gasteiger partial charge in [-0.05, 0) is 50.3 Å². The minimum atomic E-state index is -0.0910. The summed E-state index contributed by atoms with van der Waals surface area (Å²) in [5, 5.41) is 0. The average Bonchev–Trinajstić information content (AvgIpc) is 2.61. The van der Waals surface area contributed by atoms with E-state index in [0.717, 1.165) is 10.2 Å². The molecule has 0 saturated heterocycles. The molecule has 6 heteroatoms. The van der Waals surface area contributed by atoms with Gasteiger partial charge in [0.25, 0.3) is 0 Å². The number of benzene rings is 1. The van der Waals surface area contributed by atoms with Gasteiger partial charge in [-0.1, -0.05) is 15.9 Å². The van der Waals surface area contributed by atoms with Gasteiger partial charge in [-0.2, -0.15) is 0 Å². The summed E-state index contributed by atoms with van der Waals surface area (Å²) in [5.41, 5.74) is 0.703. The first-order valence-electron chi connectivity index (χ1n) is 5.78. The highest BCUT2D eigenvalue weighted by Gasteiger charge is 2.12. The zero-order valence-corrected chi connectivity index (χ0v) is 12.7. The molecule has 0 amide bonds. The van der Waals surface area contributed by atoms with Crippen LogP contribution in [0.15, 0.2) is 33.5 Å². The molecule has 0 spiro atoms. The maximum Gasteiger partial charge on any atom is 0.349 e. The Kier molecular flexibility index (Phi) is 3.87. The maximum absolute atomic E-state index is 12.3. The summed E-state index contributed by atoms with van der Waals surface area (Å²) >= 11 is 8.75. The smallest absolute Gasteiger partial charge is 0.256 e. The van der Waals surface area contributed by atoms with Crippen LogP contribution in [-0.2, 0) is 13.1 Å². The quantitative estimate of drug-likeness (QED) is 0.812. The van der Waals surface area contributed by atoms with Crippen molar-refractivity contribution < 1.29 is 0 Å². The molecule has 0 aliphatic heterocycles. The number of hydrogen-bond acceptors (Lipinski definition) is 2. The predicted octanol–water partition coefficient (Wildman–Crippen LogP) is 2.97. The van der Waals surface area contributed by atoms with Crippen LogP contribution in [-0.4, -0.2) is 13.9 Å².